The van der Waals surface area contributed by atoms with Gasteiger partial charge >= 0.3 is 0 Å². The largest absolute Gasteiger partial charge is 0.394 e. The van der Waals surface area contributed by atoms with Crippen molar-refractivity contribution >= 4 is 17.7 Å². The van der Waals surface area contributed by atoms with Crippen LogP contribution in [0.2, 0.25) is 0 Å². The minimum Gasteiger partial charge on any atom is -0.394 e. The van der Waals surface area contributed by atoms with Gasteiger partial charge in [0.15, 0.2) is 0 Å². The van der Waals surface area contributed by atoms with Crippen molar-refractivity contribution in [3.63, 3.8) is 0 Å². The van der Waals surface area contributed by atoms with Crippen LogP contribution in [0.15, 0.2) is 18.5 Å². The first-order chi connectivity index (χ1) is 13.2. The molecule has 4 rings (SSSR count). The van der Waals surface area contributed by atoms with Gasteiger partial charge in [0, 0.05) is 43.7 Å². The van der Waals surface area contributed by atoms with Crippen LogP contribution in [0.1, 0.15) is 6.42 Å². The van der Waals surface area contributed by atoms with E-state index in [9.17, 15) is 5.11 Å². The molecule has 2 aliphatic rings. The molecule has 10 heteroatoms. The summed E-state index contributed by atoms with van der Waals surface area (Å²) in [6.45, 7) is 4.31. The molecule has 2 aliphatic heterocycles. The predicted molar refractivity (Wildman–Crippen MR) is 101 cm³/mol. The number of nitrogens with one attached hydrogen (secondary N) is 2. The second-order valence-corrected chi connectivity index (χ2v) is 6.86. The third-order valence-corrected chi connectivity index (χ3v) is 4.92. The Bertz CT molecular complexity index is 773. The summed E-state index contributed by atoms with van der Waals surface area (Å²) in [6, 6.07) is 1.86. The Morgan fingerprint density at radius 1 is 1.26 bits per heavy atom. The zero-order chi connectivity index (χ0) is 18.7. The highest BCUT2D eigenvalue weighted by atomic mass is 16.5. The summed E-state index contributed by atoms with van der Waals surface area (Å²) < 4.78 is 5.43. The lowest BCUT2D eigenvalue weighted by Crippen LogP contribution is -2.44. The average molecular weight is 372 g/mol. The van der Waals surface area contributed by atoms with Crippen LogP contribution in [-0.2, 0) is 4.74 Å². The first-order valence-electron chi connectivity index (χ1n) is 9.07. The highest BCUT2D eigenvalue weighted by Gasteiger charge is 2.33. The van der Waals surface area contributed by atoms with Crippen molar-refractivity contribution in [1.29, 1.82) is 0 Å². The molecular weight excluding hydrogens is 348 g/mol. The number of aliphatic hydroxyl groups excluding tert-OH is 1. The van der Waals surface area contributed by atoms with Crippen molar-refractivity contribution in [2.75, 3.05) is 62.0 Å². The Hall–Kier alpha value is -2.56. The number of nitrogens with zero attached hydrogens (tertiary/aromatic N) is 5. The van der Waals surface area contributed by atoms with E-state index in [1.807, 2.05) is 6.07 Å². The van der Waals surface area contributed by atoms with Gasteiger partial charge in [0.25, 0.3) is 0 Å². The van der Waals surface area contributed by atoms with Crippen molar-refractivity contribution < 1.29 is 9.84 Å². The van der Waals surface area contributed by atoms with E-state index in [0.717, 1.165) is 31.6 Å². The summed E-state index contributed by atoms with van der Waals surface area (Å²) >= 11 is 0. The van der Waals surface area contributed by atoms with Crippen molar-refractivity contribution in [2.45, 2.75) is 12.0 Å². The van der Waals surface area contributed by atoms with Crippen LogP contribution < -0.4 is 21.3 Å². The number of nitrogens with two attached hydrogens (primary N) is 1. The first-order valence-corrected chi connectivity index (χ1v) is 9.07. The molecule has 0 aliphatic carbocycles. The van der Waals surface area contributed by atoms with Gasteiger partial charge in [-0.1, -0.05) is 0 Å². The molecule has 10 nitrogen and oxygen atoms in total. The van der Waals surface area contributed by atoms with Crippen molar-refractivity contribution in [3.05, 3.63) is 18.5 Å². The highest BCUT2D eigenvalue weighted by molar-refractivity contribution is 5.64. The Labute approximate surface area is 157 Å². The first kappa shape index (κ1) is 17.8. The number of nitrogen functional groups attached to an aromatic ring is 1. The molecule has 2 aromatic rings. The van der Waals surface area contributed by atoms with E-state index in [1.165, 1.54) is 0 Å². The summed E-state index contributed by atoms with van der Waals surface area (Å²) in [5.74, 6) is 1.50. The van der Waals surface area contributed by atoms with Gasteiger partial charge in [-0.2, -0.15) is 4.98 Å². The molecule has 0 saturated carbocycles. The SMILES string of the molecule is Nc1ncc(-c2cc(NC3(CO)CCNC3)nc(N3CCOCC3)n2)cn1. The quantitative estimate of drug-likeness (QED) is 0.543. The molecular formula is C17H24N8O2. The molecule has 27 heavy (non-hydrogen) atoms. The van der Waals surface area contributed by atoms with E-state index in [-0.39, 0.29) is 12.6 Å². The summed E-state index contributed by atoms with van der Waals surface area (Å²) in [7, 11) is 0. The maximum Gasteiger partial charge on any atom is 0.228 e. The van der Waals surface area contributed by atoms with E-state index in [1.54, 1.807) is 12.4 Å². The maximum absolute atomic E-state index is 9.91. The van der Waals surface area contributed by atoms with E-state index in [2.05, 4.69) is 25.5 Å². The lowest BCUT2D eigenvalue weighted by atomic mass is 10.00. The van der Waals surface area contributed by atoms with Gasteiger partial charge in [0.2, 0.25) is 11.9 Å². The molecule has 4 heterocycles. The number of morpholine rings is 1. The van der Waals surface area contributed by atoms with E-state index >= 15 is 0 Å². The number of hydrogen-bond donors (Lipinski definition) is 4. The minimum absolute atomic E-state index is 0.0250. The van der Waals surface area contributed by atoms with Crippen molar-refractivity contribution in [2.24, 2.45) is 0 Å². The molecule has 2 fully saturated rings. The average Bonchev–Trinajstić information content (AvgIpc) is 3.18. The van der Waals surface area contributed by atoms with Gasteiger partial charge in [0.1, 0.15) is 5.82 Å². The standard InChI is InChI=1S/C17H24N8O2/c18-15-20-8-12(9-21-15)13-7-14(24-17(11-26)1-2-19-10-17)23-16(22-13)25-3-5-27-6-4-25/h7-9,19,26H,1-6,10-11H2,(H2,18,20,21)(H,22,23,24). The van der Waals surface area contributed by atoms with Crippen LogP contribution in [0, 0.1) is 0 Å². The van der Waals surface area contributed by atoms with Crippen molar-refractivity contribution in [3.8, 4) is 11.3 Å². The zero-order valence-electron chi connectivity index (χ0n) is 15.1. The number of aliphatic hydroxyl groups is 1. The van der Waals surface area contributed by atoms with Gasteiger partial charge in [-0.05, 0) is 13.0 Å². The summed E-state index contributed by atoms with van der Waals surface area (Å²) in [5, 5.41) is 16.6. The van der Waals surface area contributed by atoms with Crippen LogP contribution in [0.25, 0.3) is 11.3 Å². The zero-order valence-corrected chi connectivity index (χ0v) is 15.1. The molecule has 1 atom stereocenters. The van der Waals surface area contributed by atoms with Crippen LogP contribution in [0.3, 0.4) is 0 Å². The Morgan fingerprint density at radius 2 is 2.04 bits per heavy atom. The maximum atomic E-state index is 9.91. The lowest BCUT2D eigenvalue weighted by molar-refractivity contribution is 0.122. The number of aromatic nitrogens is 4. The molecule has 0 amide bonds. The third-order valence-electron chi connectivity index (χ3n) is 4.92. The van der Waals surface area contributed by atoms with Gasteiger partial charge in [-0.25, -0.2) is 15.0 Å². The Balaban J connectivity index is 1.70. The highest BCUT2D eigenvalue weighted by Crippen LogP contribution is 2.26. The fourth-order valence-corrected chi connectivity index (χ4v) is 3.32. The topological polar surface area (TPSA) is 134 Å². The Kier molecular flexibility index (Phi) is 5.01. The van der Waals surface area contributed by atoms with Crippen LogP contribution in [0.4, 0.5) is 17.7 Å². The van der Waals surface area contributed by atoms with E-state index in [0.29, 0.717) is 37.2 Å². The summed E-state index contributed by atoms with van der Waals surface area (Å²) in [6.07, 6.45) is 4.12. The normalized spacial score (nSPS) is 22.8. The smallest absolute Gasteiger partial charge is 0.228 e. The van der Waals surface area contributed by atoms with Crippen LogP contribution in [0.5, 0.6) is 0 Å². The number of anilines is 3. The molecule has 0 bridgehead atoms. The molecule has 5 N–H and O–H groups in total. The molecule has 144 valence electrons. The number of ether oxygens (including phenoxy) is 1. The summed E-state index contributed by atoms with van der Waals surface area (Å²) in [4.78, 5) is 19.6. The molecule has 2 aromatic heterocycles. The summed E-state index contributed by atoms with van der Waals surface area (Å²) in [5.41, 5.74) is 6.63. The number of rotatable bonds is 5. The van der Waals surface area contributed by atoms with Crippen molar-refractivity contribution in [1.82, 2.24) is 25.3 Å². The lowest BCUT2D eigenvalue weighted by Gasteiger charge is -2.30. The second-order valence-electron chi connectivity index (χ2n) is 6.86. The van der Waals surface area contributed by atoms with Crippen LogP contribution in [-0.4, -0.2) is 76.6 Å². The molecule has 0 aromatic carbocycles. The number of hydrogen-bond acceptors (Lipinski definition) is 10. The van der Waals surface area contributed by atoms with E-state index in [4.69, 9.17) is 20.4 Å². The minimum atomic E-state index is -0.425. The molecule has 0 radical (unpaired) electrons. The second kappa shape index (κ2) is 7.59. The molecule has 1 unspecified atom stereocenters. The molecule has 0 spiro atoms. The Morgan fingerprint density at radius 3 is 2.70 bits per heavy atom. The van der Waals surface area contributed by atoms with Gasteiger partial charge in [0.05, 0.1) is 31.1 Å². The van der Waals surface area contributed by atoms with Gasteiger partial charge < -0.3 is 31.1 Å². The van der Waals surface area contributed by atoms with Gasteiger partial charge in [-0.15, -0.1) is 0 Å². The monoisotopic (exact) mass is 372 g/mol. The molecule has 2 saturated heterocycles. The predicted octanol–water partition coefficient (Wildman–Crippen LogP) is -0.511. The van der Waals surface area contributed by atoms with Crippen LogP contribution >= 0.6 is 0 Å². The fourth-order valence-electron chi connectivity index (χ4n) is 3.32. The fraction of sp³-hybridized carbons (Fsp3) is 0.529. The third kappa shape index (κ3) is 3.92. The van der Waals surface area contributed by atoms with E-state index < -0.39 is 5.54 Å². The van der Waals surface area contributed by atoms with Gasteiger partial charge in [-0.3, -0.25) is 0 Å².